The Morgan fingerprint density at radius 1 is 1.17 bits per heavy atom. The highest BCUT2D eigenvalue weighted by atomic mass is 32.2. The summed E-state index contributed by atoms with van der Waals surface area (Å²) in [5.41, 5.74) is 0. The molecular formula is C13H18N2O6S2. The number of carbonyl (C=O) groups is 1. The minimum Gasteiger partial charge on any atom is -0.481 e. The Hall–Kier alpha value is -1.49. The highest BCUT2D eigenvalue weighted by Gasteiger charge is 2.33. The number of carboxylic acids is 1. The van der Waals surface area contributed by atoms with E-state index in [0.29, 0.717) is 12.8 Å². The molecule has 1 aliphatic heterocycles. The summed E-state index contributed by atoms with van der Waals surface area (Å²) in [4.78, 5) is 11.0. The van der Waals surface area contributed by atoms with Gasteiger partial charge in [0.25, 0.3) is 0 Å². The number of rotatable bonds is 5. The smallest absolute Gasteiger partial charge is 0.307 e. The van der Waals surface area contributed by atoms with Crippen LogP contribution in [0.4, 0.5) is 0 Å². The van der Waals surface area contributed by atoms with Gasteiger partial charge < -0.3 is 5.11 Å². The van der Waals surface area contributed by atoms with Crippen molar-refractivity contribution >= 4 is 26.0 Å². The molecule has 23 heavy (non-hydrogen) atoms. The van der Waals surface area contributed by atoms with Gasteiger partial charge in [0.05, 0.1) is 15.7 Å². The first-order valence-electron chi connectivity index (χ1n) is 6.95. The number of nitrogens with zero attached hydrogens (tertiary/aromatic N) is 1. The molecule has 0 spiro atoms. The van der Waals surface area contributed by atoms with E-state index in [0.717, 1.165) is 4.31 Å². The van der Waals surface area contributed by atoms with Crippen LogP contribution in [0.15, 0.2) is 34.1 Å². The second kappa shape index (κ2) is 6.56. The summed E-state index contributed by atoms with van der Waals surface area (Å²) in [6.45, 7) is 0.177. The Morgan fingerprint density at radius 2 is 1.74 bits per heavy atom. The molecule has 1 heterocycles. The number of piperidine rings is 1. The Morgan fingerprint density at radius 3 is 2.26 bits per heavy atom. The third-order valence-corrected chi connectivity index (χ3v) is 7.08. The van der Waals surface area contributed by atoms with E-state index in [2.05, 4.69) is 4.72 Å². The number of hydrogen-bond donors (Lipinski definition) is 2. The maximum Gasteiger partial charge on any atom is 0.307 e. The molecule has 1 aliphatic rings. The molecule has 1 fully saturated rings. The Bertz CT molecular complexity index is 786. The van der Waals surface area contributed by atoms with Crippen molar-refractivity contribution in [2.45, 2.75) is 22.6 Å². The standard InChI is InChI=1S/C13H18N2O6S2/c1-14-22(18,19)11-4-6-12(7-5-11)23(20,21)15-8-2-3-10(9-15)13(16)17/h4-7,10,14H,2-3,8-9H2,1H3,(H,16,17). The summed E-state index contributed by atoms with van der Waals surface area (Å²) in [6.07, 6.45) is 0.920. The normalized spacial score (nSPS) is 20.3. The maximum absolute atomic E-state index is 12.6. The molecule has 128 valence electrons. The Kier molecular flexibility index (Phi) is 5.09. The Balaban J connectivity index is 2.28. The van der Waals surface area contributed by atoms with Crippen LogP contribution in [-0.2, 0) is 24.8 Å². The van der Waals surface area contributed by atoms with Crippen molar-refractivity contribution in [1.82, 2.24) is 9.03 Å². The SMILES string of the molecule is CNS(=O)(=O)c1ccc(S(=O)(=O)N2CCCC(C(=O)O)C2)cc1. The average Bonchev–Trinajstić information content (AvgIpc) is 2.55. The van der Waals surface area contributed by atoms with Crippen molar-refractivity contribution in [3.05, 3.63) is 24.3 Å². The third kappa shape index (κ3) is 3.71. The predicted octanol–water partition coefficient (Wildman–Crippen LogP) is 0.0800. The average molecular weight is 362 g/mol. The van der Waals surface area contributed by atoms with Crippen molar-refractivity contribution in [3.63, 3.8) is 0 Å². The summed E-state index contributed by atoms with van der Waals surface area (Å²) in [5.74, 6) is -1.73. The van der Waals surface area contributed by atoms with E-state index in [1.165, 1.54) is 31.3 Å². The second-order valence-electron chi connectivity index (χ2n) is 5.22. The molecule has 2 N–H and O–H groups in total. The van der Waals surface area contributed by atoms with Gasteiger partial charge >= 0.3 is 5.97 Å². The third-order valence-electron chi connectivity index (χ3n) is 3.77. The van der Waals surface area contributed by atoms with Gasteiger partial charge in [0.1, 0.15) is 0 Å². The van der Waals surface area contributed by atoms with E-state index in [4.69, 9.17) is 5.11 Å². The molecular weight excluding hydrogens is 344 g/mol. The molecule has 0 amide bonds. The minimum atomic E-state index is -3.84. The number of aliphatic carboxylic acids is 1. The highest BCUT2D eigenvalue weighted by Crippen LogP contribution is 2.24. The molecule has 1 atom stereocenters. The van der Waals surface area contributed by atoms with Crippen LogP contribution >= 0.6 is 0 Å². The molecule has 8 nitrogen and oxygen atoms in total. The Labute approximate surface area is 135 Å². The van der Waals surface area contributed by atoms with Gasteiger partial charge in [-0.1, -0.05) is 0 Å². The van der Waals surface area contributed by atoms with Crippen LogP contribution in [-0.4, -0.2) is 52.4 Å². The first kappa shape index (κ1) is 17.9. The fraction of sp³-hybridized carbons (Fsp3) is 0.462. The van der Waals surface area contributed by atoms with E-state index in [1.807, 2.05) is 0 Å². The highest BCUT2D eigenvalue weighted by molar-refractivity contribution is 7.89. The molecule has 2 rings (SSSR count). The molecule has 0 radical (unpaired) electrons. The van der Waals surface area contributed by atoms with E-state index >= 15 is 0 Å². The lowest BCUT2D eigenvalue weighted by Crippen LogP contribution is -2.42. The number of benzene rings is 1. The minimum absolute atomic E-state index is 0.0407. The van der Waals surface area contributed by atoms with Crippen LogP contribution in [0, 0.1) is 5.92 Å². The van der Waals surface area contributed by atoms with Crippen LogP contribution in [0.5, 0.6) is 0 Å². The lowest BCUT2D eigenvalue weighted by atomic mass is 10.0. The van der Waals surface area contributed by atoms with Crippen LogP contribution in [0.2, 0.25) is 0 Å². The van der Waals surface area contributed by atoms with Gasteiger partial charge in [-0.3, -0.25) is 4.79 Å². The summed E-state index contributed by atoms with van der Waals surface area (Å²) in [7, 11) is -6.22. The fourth-order valence-electron chi connectivity index (χ4n) is 2.42. The van der Waals surface area contributed by atoms with Gasteiger partial charge in [-0.05, 0) is 44.2 Å². The zero-order valence-electron chi connectivity index (χ0n) is 12.5. The van der Waals surface area contributed by atoms with Crippen molar-refractivity contribution in [1.29, 1.82) is 0 Å². The molecule has 1 aromatic rings. The van der Waals surface area contributed by atoms with Gasteiger partial charge in [0, 0.05) is 13.1 Å². The summed E-state index contributed by atoms with van der Waals surface area (Å²) < 4.78 is 51.7. The molecule has 1 unspecified atom stereocenters. The van der Waals surface area contributed by atoms with E-state index < -0.39 is 31.9 Å². The summed E-state index contributed by atoms with van der Waals surface area (Å²) >= 11 is 0. The number of hydrogen-bond acceptors (Lipinski definition) is 5. The first-order valence-corrected chi connectivity index (χ1v) is 9.87. The second-order valence-corrected chi connectivity index (χ2v) is 9.04. The van der Waals surface area contributed by atoms with Crippen LogP contribution in [0.3, 0.4) is 0 Å². The van der Waals surface area contributed by atoms with Crippen LogP contribution in [0.1, 0.15) is 12.8 Å². The molecule has 1 aromatic carbocycles. The number of sulfonamides is 2. The van der Waals surface area contributed by atoms with Gasteiger partial charge in [-0.25, -0.2) is 21.6 Å². The predicted molar refractivity (Wildman–Crippen MR) is 81.8 cm³/mol. The molecule has 0 saturated carbocycles. The van der Waals surface area contributed by atoms with E-state index in [9.17, 15) is 21.6 Å². The first-order chi connectivity index (χ1) is 10.7. The quantitative estimate of drug-likeness (QED) is 0.765. The van der Waals surface area contributed by atoms with Gasteiger partial charge in [0.2, 0.25) is 20.0 Å². The molecule has 0 aliphatic carbocycles. The molecule has 10 heteroatoms. The van der Waals surface area contributed by atoms with E-state index in [-0.39, 0.29) is 22.9 Å². The lowest BCUT2D eigenvalue weighted by molar-refractivity contribution is -0.142. The summed E-state index contributed by atoms with van der Waals surface area (Å²) in [5, 5.41) is 9.05. The van der Waals surface area contributed by atoms with Crippen LogP contribution < -0.4 is 4.72 Å². The molecule has 0 aromatic heterocycles. The van der Waals surface area contributed by atoms with Gasteiger partial charge in [0.15, 0.2) is 0 Å². The molecule has 0 bridgehead atoms. The monoisotopic (exact) mass is 362 g/mol. The lowest BCUT2D eigenvalue weighted by Gasteiger charge is -2.29. The van der Waals surface area contributed by atoms with Crippen molar-refractivity contribution in [2.75, 3.05) is 20.1 Å². The summed E-state index contributed by atoms with van der Waals surface area (Å²) in [6, 6.07) is 4.84. The van der Waals surface area contributed by atoms with E-state index in [1.54, 1.807) is 0 Å². The maximum atomic E-state index is 12.6. The van der Waals surface area contributed by atoms with Crippen molar-refractivity contribution in [2.24, 2.45) is 5.92 Å². The fourth-order valence-corrected chi connectivity index (χ4v) is 4.67. The van der Waals surface area contributed by atoms with Crippen molar-refractivity contribution < 1.29 is 26.7 Å². The van der Waals surface area contributed by atoms with Crippen molar-refractivity contribution in [3.8, 4) is 0 Å². The topological polar surface area (TPSA) is 121 Å². The van der Waals surface area contributed by atoms with Crippen LogP contribution in [0.25, 0.3) is 0 Å². The molecule has 1 saturated heterocycles. The largest absolute Gasteiger partial charge is 0.481 e. The number of nitrogens with one attached hydrogen (secondary N) is 1. The number of carboxylic acid groups (broad SMARTS) is 1. The zero-order chi connectivity index (χ0) is 17.3. The van der Waals surface area contributed by atoms with Gasteiger partial charge in [-0.2, -0.15) is 4.31 Å². The van der Waals surface area contributed by atoms with Gasteiger partial charge in [-0.15, -0.1) is 0 Å². The zero-order valence-corrected chi connectivity index (χ0v) is 14.1.